The third-order valence-corrected chi connectivity index (χ3v) is 5.09. The lowest BCUT2D eigenvalue weighted by molar-refractivity contribution is -0.115. The second kappa shape index (κ2) is 8.95. The van der Waals surface area contributed by atoms with Gasteiger partial charge in [0.15, 0.2) is 28.4 Å². The second-order valence-corrected chi connectivity index (χ2v) is 7.35. The van der Waals surface area contributed by atoms with Crippen LogP contribution in [0.25, 0.3) is 11.4 Å². The Labute approximate surface area is 169 Å². The first-order valence-corrected chi connectivity index (χ1v) is 9.51. The number of carbonyl (C=O) groups excluding carboxylic acids is 1. The van der Waals surface area contributed by atoms with Gasteiger partial charge in [-0.1, -0.05) is 48.2 Å². The Morgan fingerprint density at radius 2 is 1.90 bits per heavy atom. The van der Waals surface area contributed by atoms with Crippen LogP contribution in [0.2, 0.25) is 0 Å². The summed E-state index contributed by atoms with van der Waals surface area (Å²) in [5.74, 6) is -4.38. The number of halogens is 3. The van der Waals surface area contributed by atoms with Gasteiger partial charge >= 0.3 is 0 Å². The van der Waals surface area contributed by atoms with Crippen molar-refractivity contribution in [2.24, 2.45) is 0 Å². The molecule has 3 rings (SSSR count). The van der Waals surface area contributed by atoms with E-state index >= 15 is 0 Å². The number of allylic oxidation sites excluding steroid dienone is 1. The van der Waals surface area contributed by atoms with Crippen LogP contribution in [0.5, 0.6) is 0 Å². The van der Waals surface area contributed by atoms with Gasteiger partial charge in [-0.15, -0.1) is 16.8 Å². The third kappa shape index (κ3) is 4.51. The number of carbonyl (C=O) groups is 1. The summed E-state index contributed by atoms with van der Waals surface area (Å²) in [4.78, 5) is 12.4. The Balaban J connectivity index is 1.79. The van der Waals surface area contributed by atoms with Crippen LogP contribution in [-0.4, -0.2) is 25.9 Å². The summed E-state index contributed by atoms with van der Waals surface area (Å²) in [5, 5.41) is 10.4. The number of rotatable bonds is 7. The van der Waals surface area contributed by atoms with E-state index in [4.69, 9.17) is 0 Å². The van der Waals surface area contributed by atoms with Crippen LogP contribution in [0.4, 0.5) is 18.9 Å². The molecule has 0 aliphatic heterocycles. The summed E-state index contributed by atoms with van der Waals surface area (Å²) in [6.45, 7) is 5.75. The number of nitrogens with zero attached hydrogens (tertiary/aromatic N) is 3. The van der Waals surface area contributed by atoms with Crippen LogP contribution in [0, 0.1) is 17.5 Å². The molecule has 5 nitrogen and oxygen atoms in total. The third-order valence-electron chi connectivity index (χ3n) is 4.00. The van der Waals surface area contributed by atoms with Gasteiger partial charge in [0.25, 0.3) is 0 Å². The number of amides is 1. The first-order valence-electron chi connectivity index (χ1n) is 8.63. The van der Waals surface area contributed by atoms with E-state index in [1.165, 1.54) is 0 Å². The lowest BCUT2D eigenvalue weighted by atomic mass is 10.2. The fourth-order valence-corrected chi connectivity index (χ4v) is 3.40. The zero-order valence-electron chi connectivity index (χ0n) is 15.4. The maximum Gasteiger partial charge on any atom is 0.237 e. The Morgan fingerprint density at radius 1 is 1.17 bits per heavy atom. The molecule has 0 spiro atoms. The number of thioether (sulfide) groups is 1. The summed E-state index contributed by atoms with van der Waals surface area (Å²) < 4.78 is 42.0. The molecular weight excluding hydrogens is 401 g/mol. The maximum atomic E-state index is 13.8. The van der Waals surface area contributed by atoms with E-state index < -0.39 is 34.3 Å². The van der Waals surface area contributed by atoms with Crippen molar-refractivity contribution in [2.75, 3.05) is 5.32 Å². The average Bonchev–Trinajstić information content (AvgIpc) is 3.11. The Morgan fingerprint density at radius 3 is 2.59 bits per heavy atom. The minimum Gasteiger partial charge on any atom is -0.323 e. The minimum atomic E-state index is -1.64. The molecule has 1 amide bonds. The normalized spacial score (nSPS) is 11.9. The van der Waals surface area contributed by atoms with Crippen molar-refractivity contribution in [3.8, 4) is 11.4 Å². The molecule has 150 valence electrons. The number of nitrogens with one attached hydrogen (secondary N) is 1. The number of hydrogen-bond acceptors (Lipinski definition) is 4. The number of anilines is 1. The fourth-order valence-electron chi connectivity index (χ4n) is 2.54. The van der Waals surface area contributed by atoms with Crippen molar-refractivity contribution in [3.63, 3.8) is 0 Å². The van der Waals surface area contributed by atoms with Gasteiger partial charge in [-0.05, 0) is 19.1 Å². The highest BCUT2D eigenvalue weighted by molar-refractivity contribution is 8.00. The molecule has 3 aromatic rings. The fraction of sp³-hybridized carbons (Fsp3) is 0.150. The molecular formula is C20H17F3N4OS. The number of hydrogen-bond donors (Lipinski definition) is 1. The summed E-state index contributed by atoms with van der Waals surface area (Å²) in [5.41, 5.74) is 0.425. The first-order chi connectivity index (χ1) is 13.9. The molecule has 0 fully saturated rings. The predicted octanol–water partition coefficient (Wildman–Crippen LogP) is 4.67. The van der Waals surface area contributed by atoms with Gasteiger partial charge in [0.05, 0.1) is 10.9 Å². The number of benzene rings is 2. The molecule has 0 aliphatic carbocycles. The predicted molar refractivity (Wildman–Crippen MR) is 106 cm³/mol. The quantitative estimate of drug-likeness (QED) is 0.344. The SMILES string of the molecule is C=CCn1c(S[C@H](C)C(=O)Nc2ccc(F)c(F)c2F)nnc1-c1ccccc1. The molecule has 1 N–H and O–H groups in total. The van der Waals surface area contributed by atoms with Crippen molar-refractivity contribution in [3.05, 3.63) is 72.6 Å². The molecule has 0 aliphatic rings. The van der Waals surface area contributed by atoms with Crippen LogP contribution < -0.4 is 5.32 Å². The van der Waals surface area contributed by atoms with Crippen LogP contribution >= 0.6 is 11.8 Å². The topological polar surface area (TPSA) is 59.8 Å². The molecule has 1 heterocycles. The standard InChI is InChI=1S/C20H17F3N4OS/c1-3-11-27-18(13-7-5-4-6-8-13)25-26-20(27)29-12(2)19(28)24-15-10-9-14(21)16(22)17(15)23/h3-10,12H,1,11H2,2H3,(H,24,28)/t12-/m1/s1. The molecule has 9 heteroatoms. The van der Waals surface area contributed by atoms with Crippen molar-refractivity contribution in [1.82, 2.24) is 14.8 Å². The summed E-state index contributed by atoms with van der Waals surface area (Å²) >= 11 is 1.11. The summed E-state index contributed by atoms with van der Waals surface area (Å²) in [6.07, 6.45) is 1.68. The zero-order valence-corrected chi connectivity index (χ0v) is 16.2. The van der Waals surface area contributed by atoms with Crippen LogP contribution in [0.3, 0.4) is 0 Å². The summed E-state index contributed by atoms with van der Waals surface area (Å²) in [6, 6.07) is 11.1. The van der Waals surface area contributed by atoms with Gasteiger partial charge in [-0.3, -0.25) is 9.36 Å². The van der Waals surface area contributed by atoms with E-state index in [0.29, 0.717) is 17.5 Å². The van der Waals surface area contributed by atoms with Gasteiger partial charge in [0.1, 0.15) is 0 Å². The summed E-state index contributed by atoms with van der Waals surface area (Å²) in [7, 11) is 0. The van der Waals surface area contributed by atoms with Crippen LogP contribution in [0.15, 0.2) is 60.3 Å². The highest BCUT2D eigenvalue weighted by atomic mass is 32.2. The van der Waals surface area contributed by atoms with Gasteiger partial charge < -0.3 is 5.32 Å². The molecule has 0 bridgehead atoms. The largest absolute Gasteiger partial charge is 0.323 e. The van der Waals surface area contributed by atoms with Crippen molar-refractivity contribution < 1.29 is 18.0 Å². The Hall–Kier alpha value is -3.07. The van der Waals surface area contributed by atoms with Crippen LogP contribution in [0.1, 0.15) is 6.92 Å². The molecule has 1 aromatic heterocycles. The van der Waals surface area contributed by atoms with E-state index in [2.05, 4.69) is 22.1 Å². The van der Waals surface area contributed by atoms with Crippen molar-refractivity contribution in [2.45, 2.75) is 23.9 Å². The highest BCUT2D eigenvalue weighted by Gasteiger charge is 2.22. The molecule has 0 saturated heterocycles. The van der Waals surface area contributed by atoms with Crippen LogP contribution in [-0.2, 0) is 11.3 Å². The van der Waals surface area contributed by atoms with E-state index in [1.54, 1.807) is 17.6 Å². The number of aromatic nitrogens is 3. The molecule has 29 heavy (non-hydrogen) atoms. The Kier molecular flexibility index (Phi) is 6.38. The van der Waals surface area contributed by atoms with E-state index in [0.717, 1.165) is 29.5 Å². The lowest BCUT2D eigenvalue weighted by Crippen LogP contribution is -2.23. The monoisotopic (exact) mass is 418 g/mol. The average molecular weight is 418 g/mol. The zero-order chi connectivity index (χ0) is 21.0. The second-order valence-electron chi connectivity index (χ2n) is 6.04. The highest BCUT2D eigenvalue weighted by Crippen LogP contribution is 2.28. The molecule has 0 radical (unpaired) electrons. The molecule has 0 unspecified atom stereocenters. The van der Waals surface area contributed by atoms with Gasteiger partial charge in [-0.25, -0.2) is 13.2 Å². The van der Waals surface area contributed by atoms with Gasteiger partial charge in [-0.2, -0.15) is 0 Å². The van der Waals surface area contributed by atoms with E-state index in [1.807, 2.05) is 30.3 Å². The van der Waals surface area contributed by atoms with E-state index in [9.17, 15) is 18.0 Å². The van der Waals surface area contributed by atoms with Crippen molar-refractivity contribution >= 4 is 23.4 Å². The molecule has 0 saturated carbocycles. The van der Waals surface area contributed by atoms with E-state index in [-0.39, 0.29) is 0 Å². The first kappa shape index (κ1) is 20.7. The maximum absolute atomic E-state index is 13.8. The van der Waals surface area contributed by atoms with Crippen molar-refractivity contribution in [1.29, 1.82) is 0 Å². The minimum absolute atomic E-state index is 0.422. The lowest BCUT2D eigenvalue weighted by Gasteiger charge is -2.13. The smallest absolute Gasteiger partial charge is 0.237 e. The Bertz CT molecular complexity index is 1040. The van der Waals surface area contributed by atoms with Gasteiger partial charge in [0.2, 0.25) is 5.91 Å². The van der Waals surface area contributed by atoms with Gasteiger partial charge in [0, 0.05) is 12.1 Å². The molecule has 2 aromatic carbocycles. The molecule has 1 atom stereocenters.